The van der Waals surface area contributed by atoms with Crippen molar-refractivity contribution in [1.82, 2.24) is 14.9 Å². The van der Waals surface area contributed by atoms with E-state index in [4.69, 9.17) is 0 Å². The topological polar surface area (TPSA) is 49.2 Å². The number of rotatable bonds is 5. The number of hydrogen-bond donors (Lipinski definition) is 1. The van der Waals surface area contributed by atoms with Crippen LogP contribution in [0.2, 0.25) is 0 Å². The molecule has 0 aliphatic carbocycles. The molecule has 1 aromatic carbocycles. The van der Waals surface area contributed by atoms with Gasteiger partial charge in [-0.05, 0) is 54.6 Å². The summed E-state index contributed by atoms with van der Waals surface area (Å²) in [5.41, 5.74) is 2.81. The van der Waals surface area contributed by atoms with Gasteiger partial charge >= 0.3 is 0 Å². The van der Waals surface area contributed by atoms with Gasteiger partial charge in [-0.1, -0.05) is 57.2 Å². The van der Waals surface area contributed by atoms with Crippen molar-refractivity contribution in [2.45, 2.75) is 50.7 Å². The summed E-state index contributed by atoms with van der Waals surface area (Å²) in [6, 6.07) is 16.3. The van der Waals surface area contributed by atoms with E-state index in [-0.39, 0.29) is 11.5 Å². The number of aliphatic hydroxyl groups is 1. The Bertz CT molecular complexity index is 904. The van der Waals surface area contributed by atoms with Crippen molar-refractivity contribution in [1.29, 1.82) is 0 Å². The largest absolute Gasteiger partial charge is 0.378 e. The minimum Gasteiger partial charge on any atom is -0.378 e. The Labute approximate surface area is 179 Å². The van der Waals surface area contributed by atoms with Crippen LogP contribution in [0.4, 0.5) is 0 Å². The lowest BCUT2D eigenvalue weighted by Crippen LogP contribution is -2.44. The second-order valence-corrected chi connectivity index (χ2v) is 9.27. The van der Waals surface area contributed by atoms with Crippen LogP contribution in [-0.2, 0) is 11.0 Å². The summed E-state index contributed by atoms with van der Waals surface area (Å²) in [5.74, 6) is 0. The Morgan fingerprint density at radius 2 is 1.33 bits per heavy atom. The van der Waals surface area contributed by atoms with Gasteiger partial charge in [0.15, 0.2) is 0 Å². The second kappa shape index (κ2) is 8.29. The highest BCUT2D eigenvalue weighted by atomic mass is 16.3. The average Bonchev–Trinajstić information content (AvgIpc) is 3.29. The molecule has 156 valence electrons. The first kappa shape index (κ1) is 20.7. The van der Waals surface area contributed by atoms with Crippen molar-refractivity contribution in [2.24, 2.45) is 0 Å². The van der Waals surface area contributed by atoms with E-state index in [1.807, 2.05) is 24.3 Å². The predicted octanol–water partition coefficient (Wildman–Crippen LogP) is 4.85. The standard InChI is InChI=1S/C26H31N3O/c1-25(2,3)21-12-10-20(11-13-21)24(29-16-4-5-17-29)26(30,22-8-6-14-27-18-22)23-9-7-15-28-19-23/h6-15,18-19,24,30H,4-5,16-17H2,1-3H3. The molecule has 1 unspecified atom stereocenters. The zero-order chi connectivity index (χ0) is 21.2. The minimum atomic E-state index is -1.25. The number of likely N-dealkylation sites (tertiary alicyclic amines) is 1. The van der Waals surface area contributed by atoms with Crippen LogP contribution >= 0.6 is 0 Å². The molecule has 1 aliphatic heterocycles. The van der Waals surface area contributed by atoms with Crippen LogP contribution < -0.4 is 0 Å². The summed E-state index contributed by atoms with van der Waals surface area (Å²) in [4.78, 5) is 11.1. The maximum atomic E-state index is 12.4. The van der Waals surface area contributed by atoms with E-state index in [0.29, 0.717) is 0 Å². The molecule has 3 aromatic rings. The smallest absolute Gasteiger partial charge is 0.137 e. The molecule has 0 radical (unpaired) electrons. The van der Waals surface area contributed by atoms with Gasteiger partial charge in [0.05, 0.1) is 6.04 Å². The van der Waals surface area contributed by atoms with Crippen molar-refractivity contribution in [2.75, 3.05) is 13.1 Å². The number of aromatic nitrogens is 2. The Kier molecular flexibility index (Phi) is 5.72. The lowest BCUT2D eigenvalue weighted by atomic mass is 9.77. The second-order valence-electron chi connectivity index (χ2n) is 9.27. The molecule has 4 rings (SSSR count). The van der Waals surface area contributed by atoms with Crippen LogP contribution in [0.15, 0.2) is 73.3 Å². The average molecular weight is 402 g/mol. The van der Waals surface area contributed by atoms with Gasteiger partial charge in [0.2, 0.25) is 0 Å². The Hall–Kier alpha value is -2.56. The van der Waals surface area contributed by atoms with E-state index in [1.165, 1.54) is 5.56 Å². The van der Waals surface area contributed by atoms with Gasteiger partial charge in [0.1, 0.15) is 5.60 Å². The molecule has 0 saturated carbocycles. The van der Waals surface area contributed by atoms with Crippen molar-refractivity contribution in [3.8, 4) is 0 Å². The summed E-state index contributed by atoms with van der Waals surface area (Å²) in [7, 11) is 0. The van der Waals surface area contributed by atoms with Crippen LogP contribution in [0, 0.1) is 0 Å². The zero-order valence-electron chi connectivity index (χ0n) is 18.1. The first-order valence-electron chi connectivity index (χ1n) is 10.8. The normalized spacial score (nSPS) is 16.5. The van der Waals surface area contributed by atoms with E-state index in [1.54, 1.807) is 24.8 Å². The molecule has 4 nitrogen and oxygen atoms in total. The number of pyridine rings is 2. The molecule has 0 amide bonds. The third-order valence-electron chi connectivity index (χ3n) is 6.20. The van der Waals surface area contributed by atoms with E-state index < -0.39 is 5.60 Å². The van der Waals surface area contributed by atoms with Gasteiger partial charge in [-0.3, -0.25) is 14.9 Å². The van der Waals surface area contributed by atoms with Crippen molar-refractivity contribution < 1.29 is 5.11 Å². The zero-order valence-corrected chi connectivity index (χ0v) is 18.1. The highest BCUT2D eigenvalue weighted by Gasteiger charge is 2.45. The SMILES string of the molecule is CC(C)(C)c1ccc(C(N2CCCC2)C(O)(c2cccnc2)c2cccnc2)cc1. The van der Waals surface area contributed by atoms with Gasteiger partial charge < -0.3 is 5.11 Å². The lowest BCUT2D eigenvalue weighted by molar-refractivity contribution is -0.0152. The Morgan fingerprint density at radius 1 is 0.800 bits per heavy atom. The molecule has 30 heavy (non-hydrogen) atoms. The molecule has 1 aliphatic rings. The quantitative estimate of drug-likeness (QED) is 0.664. The van der Waals surface area contributed by atoms with E-state index in [0.717, 1.165) is 42.6 Å². The van der Waals surface area contributed by atoms with Crippen molar-refractivity contribution in [3.05, 3.63) is 95.6 Å². The fourth-order valence-corrected chi connectivity index (χ4v) is 4.54. The third-order valence-corrected chi connectivity index (χ3v) is 6.20. The van der Waals surface area contributed by atoms with Gasteiger partial charge in [-0.15, -0.1) is 0 Å². The molecule has 3 heterocycles. The van der Waals surface area contributed by atoms with Crippen molar-refractivity contribution in [3.63, 3.8) is 0 Å². The number of benzene rings is 1. The fraction of sp³-hybridized carbons (Fsp3) is 0.385. The van der Waals surface area contributed by atoms with E-state index in [2.05, 4.69) is 59.9 Å². The Morgan fingerprint density at radius 3 is 1.77 bits per heavy atom. The van der Waals surface area contributed by atoms with Crippen LogP contribution in [0.3, 0.4) is 0 Å². The molecule has 1 N–H and O–H groups in total. The van der Waals surface area contributed by atoms with Crippen molar-refractivity contribution >= 4 is 0 Å². The number of hydrogen-bond acceptors (Lipinski definition) is 4. The lowest BCUT2D eigenvalue weighted by Gasteiger charge is -2.42. The summed E-state index contributed by atoms with van der Waals surface area (Å²) in [5, 5.41) is 12.4. The van der Waals surface area contributed by atoms with Gasteiger partial charge in [-0.2, -0.15) is 0 Å². The molecule has 0 bridgehead atoms. The molecule has 1 fully saturated rings. The first-order chi connectivity index (χ1) is 14.4. The first-order valence-corrected chi connectivity index (χ1v) is 10.8. The summed E-state index contributed by atoms with van der Waals surface area (Å²) >= 11 is 0. The molecule has 1 atom stereocenters. The van der Waals surface area contributed by atoms with Crippen LogP contribution in [0.5, 0.6) is 0 Å². The monoisotopic (exact) mass is 401 g/mol. The van der Waals surface area contributed by atoms with Crippen LogP contribution in [0.1, 0.15) is 61.9 Å². The molecular weight excluding hydrogens is 370 g/mol. The fourth-order valence-electron chi connectivity index (χ4n) is 4.54. The maximum absolute atomic E-state index is 12.4. The Balaban J connectivity index is 1.89. The summed E-state index contributed by atoms with van der Waals surface area (Å²) in [6.07, 6.45) is 9.34. The van der Waals surface area contributed by atoms with Gasteiger partial charge in [-0.25, -0.2) is 0 Å². The highest BCUT2D eigenvalue weighted by Crippen LogP contribution is 2.45. The molecule has 0 spiro atoms. The molecule has 2 aromatic heterocycles. The summed E-state index contributed by atoms with van der Waals surface area (Å²) < 4.78 is 0. The minimum absolute atomic E-state index is 0.0880. The van der Waals surface area contributed by atoms with Crippen LogP contribution in [-0.4, -0.2) is 33.1 Å². The number of nitrogens with zero attached hydrogens (tertiary/aromatic N) is 3. The predicted molar refractivity (Wildman–Crippen MR) is 120 cm³/mol. The van der Waals surface area contributed by atoms with Gasteiger partial charge in [0.25, 0.3) is 0 Å². The molecule has 4 heteroatoms. The molecular formula is C26H31N3O. The van der Waals surface area contributed by atoms with E-state index >= 15 is 0 Å². The van der Waals surface area contributed by atoms with Crippen LogP contribution in [0.25, 0.3) is 0 Å². The molecule has 1 saturated heterocycles. The highest BCUT2D eigenvalue weighted by molar-refractivity contribution is 5.41. The summed E-state index contributed by atoms with van der Waals surface area (Å²) in [6.45, 7) is 8.60. The van der Waals surface area contributed by atoms with Gasteiger partial charge in [0, 0.05) is 35.9 Å². The maximum Gasteiger partial charge on any atom is 0.137 e. The van der Waals surface area contributed by atoms with E-state index in [9.17, 15) is 5.11 Å². The third kappa shape index (κ3) is 3.90.